The Bertz CT molecular complexity index is 2080. The molecular formula is C37H42ClF3N6O7. The Hall–Kier alpha value is -4.70. The minimum Gasteiger partial charge on any atom is -0.481 e. The van der Waals surface area contributed by atoms with Crippen molar-refractivity contribution in [2.24, 2.45) is 5.92 Å². The normalized spacial score (nSPS) is 22.1. The molecule has 1 aromatic carbocycles. The number of benzene rings is 1. The van der Waals surface area contributed by atoms with E-state index in [1.54, 1.807) is 52.0 Å². The Balaban J connectivity index is 1.44. The molecule has 0 bridgehead atoms. The molecule has 5 heterocycles. The van der Waals surface area contributed by atoms with Gasteiger partial charge in [0, 0.05) is 50.5 Å². The number of hydrogen-bond acceptors (Lipinski definition) is 11. The zero-order chi connectivity index (χ0) is 39.2. The van der Waals surface area contributed by atoms with Crippen LogP contribution in [0.5, 0.6) is 5.88 Å². The van der Waals surface area contributed by atoms with Gasteiger partial charge in [-0.05, 0) is 58.4 Å². The van der Waals surface area contributed by atoms with Crippen LogP contribution in [-0.4, -0.2) is 93.8 Å². The molecule has 2 aliphatic heterocycles. The molecule has 0 aliphatic carbocycles. The van der Waals surface area contributed by atoms with Crippen molar-refractivity contribution in [2.45, 2.75) is 82.7 Å². The largest absolute Gasteiger partial charge is 0.481 e. The molecule has 4 aromatic rings. The lowest BCUT2D eigenvalue weighted by Crippen LogP contribution is -2.44. The van der Waals surface area contributed by atoms with Crippen LogP contribution in [0.1, 0.15) is 64.8 Å². The molecule has 54 heavy (non-hydrogen) atoms. The summed E-state index contributed by atoms with van der Waals surface area (Å²) in [5, 5.41) is 12.7. The number of ether oxygens (including phenoxy) is 2. The number of carbonyl (C=O) groups is 3. The van der Waals surface area contributed by atoms with Gasteiger partial charge in [0.15, 0.2) is 11.4 Å². The zero-order valence-corrected chi connectivity index (χ0v) is 31.3. The van der Waals surface area contributed by atoms with Crippen molar-refractivity contribution in [1.82, 2.24) is 25.2 Å². The molecule has 290 valence electrons. The number of esters is 1. The van der Waals surface area contributed by atoms with Gasteiger partial charge in [-0.15, -0.1) is 0 Å². The second-order valence-corrected chi connectivity index (χ2v) is 15.3. The molecule has 0 spiro atoms. The van der Waals surface area contributed by atoms with Crippen molar-refractivity contribution in [2.75, 3.05) is 38.1 Å². The molecule has 0 radical (unpaired) electrons. The number of aromatic nitrogens is 3. The number of carboxylic acids is 1. The molecule has 2 N–H and O–H groups in total. The number of likely N-dealkylation sites (N-methyl/N-ethyl adjacent to an activating group) is 1. The number of nitrogens with zero attached hydrogens (tertiary/aromatic N) is 5. The lowest BCUT2D eigenvalue weighted by atomic mass is 9.79. The minimum atomic E-state index is -4.28. The Morgan fingerprint density at radius 3 is 2.65 bits per heavy atom. The SMILES string of the molecule is C[C@H]1CNCC[C@]1(F)c1cc(Cl)cnc1O[C@H]1C[C@@H](C(=O)OC(C)(C)C)N(c2nc(C(F)(F)C(=O)N(C)CCCC(=O)O)nc3c2oc2ccccc23)C1. The van der Waals surface area contributed by atoms with Crippen molar-refractivity contribution in [1.29, 1.82) is 0 Å². The number of fused-ring (bicyclic) bond motifs is 3. The molecule has 13 nitrogen and oxygen atoms in total. The number of anilines is 1. The average molecular weight is 775 g/mol. The van der Waals surface area contributed by atoms with Gasteiger partial charge in [-0.1, -0.05) is 30.7 Å². The van der Waals surface area contributed by atoms with E-state index in [9.17, 15) is 14.4 Å². The van der Waals surface area contributed by atoms with Crippen molar-refractivity contribution in [3.05, 3.63) is 52.9 Å². The first-order chi connectivity index (χ1) is 25.4. The van der Waals surface area contributed by atoms with E-state index in [-0.39, 0.29) is 72.2 Å². The summed E-state index contributed by atoms with van der Waals surface area (Å²) in [6.07, 6.45) is 0.186. The maximum Gasteiger partial charge on any atom is 0.383 e. The number of rotatable bonds is 11. The van der Waals surface area contributed by atoms with Crippen LogP contribution in [0.4, 0.5) is 19.0 Å². The maximum atomic E-state index is 16.7. The number of para-hydroxylation sites is 1. The summed E-state index contributed by atoms with van der Waals surface area (Å²) >= 11 is 6.31. The van der Waals surface area contributed by atoms with E-state index >= 15 is 13.2 Å². The molecule has 2 aliphatic rings. The van der Waals surface area contributed by atoms with Gasteiger partial charge in [0.25, 0.3) is 0 Å². The first kappa shape index (κ1) is 39.0. The summed E-state index contributed by atoms with van der Waals surface area (Å²) in [6.45, 7) is 7.25. The van der Waals surface area contributed by atoms with E-state index in [0.29, 0.717) is 24.1 Å². The molecule has 4 atom stereocenters. The van der Waals surface area contributed by atoms with Crippen LogP contribution >= 0.6 is 11.6 Å². The third-order valence-corrected chi connectivity index (χ3v) is 9.84. The quantitative estimate of drug-likeness (QED) is 0.171. The number of nitrogens with one attached hydrogen (secondary N) is 1. The number of hydrogen-bond donors (Lipinski definition) is 2. The number of carboxylic acid groups (broad SMARTS) is 1. The molecule has 0 unspecified atom stereocenters. The number of amides is 1. The van der Waals surface area contributed by atoms with Gasteiger partial charge < -0.3 is 34.1 Å². The Morgan fingerprint density at radius 1 is 1.20 bits per heavy atom. The predicted molar refractivity (Wildman–Crippen MR) is 192 cm³/mol. The predicted octanol–water partition coefficient (Wildman–Crippen LogP) is 6.00. The molecule has 3 aromatic heterocycles. The van der Waals surface area contributed by atoms with E-state index in [0.717, 1.165) is 11.9 Å². The summed E-state index contributed by atoms with van der Waals surface area (Å²) in [7, 11) is 1.14. The van der Waals surface area contributed by atoms with Gasteiger partial charge in [-0.2, -0.15) is 8.78 Å². The highest BCUT2D eigenvalue weighted by Crippen LogP contribution is 2.45. The summed E-state index contributed by atoms with van der Waals surface area (Å²) in [5.74, 6) is -9.61. The van der Waals surface area contributed by atoms with Crippen LogP contribution in [0, 0.1) is 5.92 Å². The number of alkyl halides is 3. The molecule has 17 heteroatoms. The number of furan rings is 1. The summed E-state index contributed by atoms with van der Waals surface area (Å²) in [4.78, 5) is 52.9. The van der Waals surface area contributed by atoms with E-state index in [1.165, 1.54) is 17.2 Å². The fraction of sp³-hybridized carbons (Fsp3) is 0.514. The molecule has 6 rings (SSSR count). The van der Waals surface area contributed by atoms with Crippen LogP contribution in [0.2, 0.25) is 5.02 Å². The highest BCUT2D eigenvalue weighted by atomic mass is 35.5. The summed E-state index contributed by atoms with van der Waals surface area (Å²) < 4.78 is 67.4. The topological polar surface area (TPSA) is 160 Å². The van der Waals surface area contributed by atoms with Gasteiger partial charge in [0.2, 0.25) is 11.7 Å². The fourth-order valence-corrected chi connectivity index (χ4v) is 7.06. The second-order valence-electron chi connectivity index (χ2n) is 14.8. The molecule has 1 amide bonds. The van der Waals surface area contributed by atoms with E-state index in [2.05, 4.69) is 20.3 Å². The van der Waals surface area contributed by atoms with Crippen molar-refractivity contribution < 1.29 is 46.6 Å². The smallest absolute Gasteiger partial charge is 0.383 e. The van der Waals surface area contributed by atoms with Gasteiger partial charge in [-0.3, -0.25) is 9.59 Å². The molecule has 0 saturated carbocycles. The Morgan fingerprint density at radius 2 is 1.94 bits per heavy atom. The van der Waals surface area contributed by atoms with E-state index < -0.39 is 58.9 Å². The minimum absolute atomic E-state index is 0.0224. The van der Waals surface area contributed by atoms with Crippen LogP contribution in [0.15, 0.2) is 40.9 Å². The van der Waals surface area contributed by atoms with Crippen molar-refractivity contribution in [3.8, 4) is 5.88 Å². The van der Waals surface area contributed by atoms with Gasteiger partial charge >= 0.3 is 23.8 Å². The van der Waals surface area contributed by atoms with Crippen molar-refractivity contribution >= 4 is 57.3 Å². The number of pyridine rings is 1. The molecule has 2 saturated heterocycles. The van der Waals surface area contributed by atoms with E-state index in [1.807, 2.05) is 0 Å². The monoisotopic (exact) mass is 774 g/mol. The third kappa shape index (κ3) is 7.76. The van der Waals surface area contributed by atoms with Gasteiger partial charge in [-0.25, -0.2) is 24.1 Å². The highest BCUT2D eigenvalue weighted by Gasteiger charge is 2.49. The number of piperidine rings is 1. The first-order valence-corrected chi connectivity index (χ1v) is 18.0. The maximum absolute atomic E-state index is 16.7. The number of carbonyl (C=O) groups excluding carboxylic acids is 2. The van der Waals surface area contributed by atoms with Crippen LogP contribution in [-0.2, 0) is 30.7 Å². The zero-order valence-electron chi connectivity index (χ0n) is 30.5. The van der Waals surface area contributed by atoms with Crippen LogP contribution < -0.4 is 15.0 Å². The van der Waals surface area contributed by atoms with Gasteiger partial charge in [0.05, 0.1) is 17.1 Å². The fourth-order valence-electron chi connectivity index (χ4n) is 6.90. The van der Waals surface area contributed by atoms with Crippen LogP contribution in [0.25, 0.3) is 22.1 Å². The number of halogens is 4. The third-order valence-electron chi connectivity index (χ3n) is 9.64. The molecule has 2 fully saturated rings. The lowest BCUT2D eigenvalue weighted by molar-refractivity contribution is -0.159. The Kier molecular flexibility index (Phi) is 10.7. The van der Waals surface area contributed by atoms with E-state index in [4.69, 9.17) is 30.6 Å². The summed E-state index contributed by atoms with van der Waals surface area (Å²) in [6, 6.07) is 6.90. The standard InChI is InChI=1S/C37H42ClF3N6O7/c1-20-17-42-13-12-36(20,39)24-15-21(38)18-43-31(24)52-22-16-25(32(50)54-35(2,3)4)47(19-22)30-29-28(23-9-6-7-10-26(23)53-29)44-33(45-30)37(40,41)34(51)46(5)14-8-11-27(48)49/h6-7,9-10,15,18,20,22,25,42H,8,11-14,16-17,19H2,1-5H3,(H,48,49)/t20-,22-,25-,36+/m0/s1. The Labute approximate surface area is 314 Å². The highest BCUT2D eigenvalue weighted by molar-refractivity contribution is 6.30. The lowest BCUT2D eigenvalue weighted by Gasteiger charge is -2.37. The first-order valence-electron chi connectivity index (χ1n) is 17.7. The molecular weight excluding hydrogens is 733 g/mol. The summed E-state index contributed by atoms with van der Waals surface area (Å²) in [5.41, 5.74) is -2.37. The second kappa shape index (κ2) is 14.9. The van der Waals surface area contributed by atoms with Crippen LogP contribution in [0.3, 0.4) is 0 Å². The van der Waals surface area contributed by atoms with Gasteiger partial charge in [0.1, 0.15) is 34.5 Å². The number of aliphatic carboxylic acids is 1. The average Bonchev–Trinajstić information content (AvgIpc) is 3.70. The van der Waals surface area contributed by atoms with Crippen molar-refractivity contribution in [3.63, 3.8) is 0 Å².